The van der Waals surface area contributed by atoms with Crippen LogP contribution < -0.4 is 11.0 Å². The van der Waals surface area contributed by atoms with E-state index < -0.39 is 0 Å². The van der Waals surface area contributed by atoms with Crippen molar-refractivity contribution < 1.29 is 14.3 Å². The van der Waals surface area contributed by atoms with Gasteiger partial charge in [-0.1, -0.05) is 6.92 Å². The van der Waals surface area contributed by atoms with Crippen molar-refractivity contribution in [3.05, 3.63) is 16.3 Å². The molecule has 2 atom stereocenters. The number of amides is 3. The zero-order valence-electron chi connectivity index (χ0n) is 14.0. The van der Waals surface area contributed by atoms with Crippen molar-refractivity contribution in [1.82, 2.24) is 24.6 Å². The highest BCUT2D eigenvalue weighted by Gasteiger charge is 2.32. The summed E-state index contributed by atoms with van der Waals surface area (Å²) in [5.41, 5.74) is -0.174. The Hall–Kier alpha value is -2.16. The van der Waals surface area contributed by atoms with Crippen molar-refractivity contribution in [2.24, 2.45) is 5.92 Å². The van der Waals surface area contributed by atoms with Gasteiger partial charge in [-0.15, -0.1) is 0 Å². The van der Waals surface area contributed by atoms with Crippen LogP contribution in [0.1, 0.15) is 38.6 Å². The van der Waals surface area contributed by atoms with E-state index in [1.165, 1.54) is 9.58 Å². The molecule has 1 aromatic rings. The van der Waals surface area contributed by atoms with Crippen LogP contribution in [0.3, 0.4) is 0 Å². The SMILES string of the molecule is CCn1c([C@H]2OCC[C@H]2C)nn(CCCN2C(=O)CNC2=O)c1=O. The lowest BCUT2D eigenvalue weighted by Gasteiger charge is -2.13. The van der Waals surface area contributed by atoms with Crippen molar-refractivity contribution in [3.8, 4) is 0 Å². The summed E-state index contributed by atoms with van der Waals surface area (Å²) in [6, 6.07) is -0.375. The number of urea groups is 1. The molecule has 0 radical (unpaired) electrons. The average molecular weight is 337 g/mol. The number of hydrogen-bond acceptors (Lipinski definition) is 5. The van der Waals surface area contributed by atoms with Crippen LogP contribution in [-0.4, -0.2) is 50.9 Å². The Kier molecular flexibility index (Phi) is 4.70. The Morgan fingerprint density at radius 3 is 2.67 bits per heavy atom. The summed E-state index contributed by atoms with van der Waals surface area (Å²) in [6.07, 6.45) is 1.30. The van der Waals surface area contributed by atoms with Crippen LogP contribution in [0.15, 0.2) is 4.79 Å². The zero-order valence-corrected chi connectivity index (χ0v) is 14.0. The first kappa shape index (κ1) is 16.7. The fourth-order valence-corrected chi connectivity index (χ4v) is 3.20. The number of aromatic nitrogens is 3. The average Bonchev–Trinajstić information content (AvgIpc) is 3.21. The van der Waals surface area contributed by atoms with Crippen molar-refractivity contribution in [2.75, 3.05) is 19.7 Å². The molecular formula is C15H23N5O4. The molecule has 0 saturated carbocycles. The van der Waals surface area contributed by atoms with Crippen LogP contribution in [0.4, 0.5) is 4.79 Å². The number of ether oxygens (including phenoxy) is 1. The summed E-state index contributed by atoms with van der Waals surface area (Å²) in [5, 5.41) is 6.93. The van der Waals surface area contributed by atoms with Gasteiger partial charge in [0.15, 0.2) is 5.82 Å². The summed E-state index contributed by atoms with van der Waals surface area (Å²) in [7, 11) is 0. The maximum atomic E-state index is 12.5. The van der Waals surface area contributed by atoms with Crippen molar-refractivity contribution in [1.29, 1.82) is 0 Å². The Morgan fingerprint density at radius 1 is 1.29 bits per heavy atom. The van der Waals surface area contributed by atoms with Gasteiger partial charge in [0.2, 0.25) is 5.91 Å². The largest absolute Gasteiger partial charge is 0.370 e. The summed E-state index contributed by atoms with van der Waals surface area (Å²) >= 11 is 0. The minimum absolute atomic E-state index is 0.0459. The first-order valence-electron chi connectivity index (χ1n) is 8.40. The molecule has 9 nitrogen and oxygen atoms in total. The number of aryl methyl sites for hydroxylation is 1. The Balaban J connectivity index is 1.70. The molecule has 1 N–H and O–H groups in total. The number of hydrogen-bond donors (Lipinski definition) is 1. The number of nitrogens with zero attached hydrogens (tertiary/aromatic N) is 4. The summed E-state index contributed by atoms with van der Waals surface area (Å²) in [6.45, 7) is 5.90. The van der Waals surface area contributed by atoms with E-state index in [1.807, 2.05) is 6.92 Å². The third-order valence-electron chi connectivity index (χ3n) is 4.60. The molecule has 0 bridgehead atoms. The quantitative estimate of drug-likeness (QED) is 0.743. The van der Waals surface area contributed by atoms with Gasteiger partial charge >= 0.3 is 11.7 Å². The third-order valence-corrected chi connectivity index (χ3v) is 4.60. The van der Waals surface area contributed by atoms with E-state index in [0.29, 0.717) is 37.9 Å². The number of nitrogens with one attached hydrogen (secondary N) is 1. The highest BCUT2D eigenvalue weighted by molar-refractivity contribution is 6.01. The molecule has 2 aliphatic heterocycles. The molecule has 3 amide bonds. The second-order valence-electron chi connectivity index (χ2n) is 6.22. The monoisotopic (exact) mass is 337 g/mol. The summed E-state index contributed by atoms with van der Waals surface area (Å²) in [5.74, 6) is 0.763. The third kappa shape index (κ3) is 2.95. The first-order chi connectivity index (χ1) is 11.5. The molecule has 0 spiro atoms. The van der Waals surface area contributed by atoms with Gasteiger partial charge in [-0.05, 0) is 25.7 Å². The fraction of sp³-hybridized carbons (Fsp3) is 0.733. The van der Waals surface area contributed by atoms with Crippen molar-refractivity contribution in [3.63, 3.8) is 0 Å². The highest BCUT2D eigenvalue weighted by atomic mass is 16.5. The molecule has 2 saturated heterocycles. The Labute approximate surface area is 139 Å². The molecule has 2 aliphatic rings. The van der Waals surface area contributed by atoms with E-state index in [4.69, 9.17) is 4.74 Å². The maximum absolute atomic E-state index is 12.5. The molecule has 0 aliphatic carbocycles. The van der Waals surface area contributed by atoms with Gasteiger partial charge in [0.05, 0.1) is 6.54 Å². The molecule has 0 aromatic carbocycles. The highest BCUT2D eigenvalue weighted by Crippen LogP contribution is 2.32. The van der Waals surface area contributed by atoms with Gasteiger partial charge in [-0.3, -0.25) is 14.3 Å². The standard InChI is InChI=1S/C15H23N5O4/c1-3-18-13(12-10(2)5-8-24-12)17-20(15(18)23)7-4-6-19-11(21)9-16-14(19)22/h10,12H,3-9H2,1-2H3,(H,16,22)/t10-,12+/m1/s1. The van der Waals surface area contributed by atoms with E-state index in [0.717, 1.165) is 6.42 Å². The van der Waals surface area contributed by atoms with Crippen LogP contribution in [-0.2, 0) is 22.6 Å². The van der Waals surface area contributed by atoms with E-state index in [9.17, 15) is 14.4 Å². The van der Waals surface area contributed by atoms with E-state index in [2.05, 4.69) is 17.3 Å². The van der Waals surface area contributed by atoms with Crippen LogP contribution in [0.25, 0.3) is 0 Å². The molecule has 2 fully saturated rings. The predicted octanol–water partition coefficient (Wildman–Crippen LogP) is 0.104. The number of imide groups is 1. The molecule has 132 valence electrons. The molecule has 24 heavy (non-hydrogen) atoms. The van der Waals surface area contributed by atoms with Crippen LogP contribution in [0.2, 0.25) is 0 Å². The van der Waals surface area contributed by atoms with Crippen LogP contribution in [0, 0.1) is 5.92 Å². The predicted molar refractivity (Wildman–Crippen MR) is 84.4 cm³/mol. The number of rotatable bonds is 6. The zero-order chi connectivity index (χ0) is 17.3. The molecule has 1 aromatic heterocycles. The maximum Gasteiger partial charge on any atom is 0.345 e. The minimum Gasteiger partial charge on any atom is -0.370 e. The van der Waals surface area contributed by atoms with E-state index >= 15 is 0 Å². The lowest BCUT2D eigenvalue weighted by molar-refractivity contribution is -0.125. The minimum atomic E-state index is -0.375. The lowest BCUT2D eigenvalue weighted by atomic mass is 10.0. The topological polar surface area (TPSA) is 98.5 Å². The number of carbonyl (C=O) groups is 2. The van der Waals surface area contributed by atoms with Gasteiger partial charge in [0.25, 0.3) is 0 Å². The van der Waals surface area contributed by atoms with Gasteiger partial charge < -0.3 is 10.1 Å². The first-order valence-corrected chi connectivity index (χ1v) is 8.40. The van der Waals surface area contributed by atoms with Gasteiger partial charge in [-0.25, -0.2) is 14.3 Å². The molecular weight excluding hydrogens is 314 g/mol. The molecule has 3 rings (SSSR count). The summed E-state index contributed by atoms with van der Waals surface area (Å²) in [4.78, 5) is 36.7. The Bertz CT molecular complexity index is 679. The van der Waals surface area contributed by atoms with Crippen LogP contribution in [0.5, 0.6) is 0 Å². The Morgan fingerprint density at radius 2 is 2.08 bits per heavy atom. The lowest BCUT2D eigenvalue weighted by Crippen LogP contribution is -2.33. The van der Waals surface area contributed by atoms with E-state index in [-0.39, 0.29) is 36.8 Å². The fourth-order valence-electron chi connectivity index (χ4n) is 3.20. The second kappa shape index (κ2) is 6.76. The number of carbonyl (C=O) groups excluding carboxylic acids is 2. The van der Waals surface area contributed by atoms with Gasteiger partial charge in [0.1, 0.15) is 6.10 Å². The second-order valence-corrected chi connectivity index (χ2v) is 6.22. The van der Waals surface area contributed by atoms with E-state index in [1.54, 1.807) is 4.57 Å². The van der Waals surface area contributed by atoms with Crippen molar-refractivity contribution >= 4 is 11.9 Å². The normalized spacial score (nSPS) is 24.0. The van der Waals surface area contributed by atoms with Gasteiger partial charge in [-0.2, -0.15) is 5.10 Å². The molecule has 9 heteroatoms. The van der Waals surface area contributed by atoms with Crippen LogP contribution >= 0.6 is 0 Å². The summed E-state index contributed by atoms with van der Waals surface area (Å²) < 4.78 is 8.78. The van der Waals surface area contributed by atoms with Crippen molar-refractivity contribution in [2.45, 2.75) is 45.9 Å². The molecule has 0 unspecified atom stereocenters. The van der Waals surface area contributed by atoms with Gasteiger partial charge in [0, 0.05) is 26.2 Å². The smallest absolute Gasteiger partial charge is 0.345 e. The molecule has 3 heterocycles.